The molecule has 0 aromatic carbocycles. The number of aromatic nitrogens is 3. The Morgan fingerprint density at radius 2 is 1.64 bits per heavy atom. The predicted molar refractivity (Wildman–Crippen MR) is 105 cm³/mol. The van der Waals surface area contributed by atoms with Gasteiger partial charge in [0.05, 0.1) is 12.2 Å². The summed E-state index contributed by atoms with van der Waals surface area (Å²) in [6, 6.07) is 0.324. The molecule has 2 aliphatic heterocycles. The lowest BCUT2D eigenvalue weighted by molar-refractivity contribution is -0.133. The Balaban J connectivity index is 1.26. The lowest BCUT2D eigenvalue weighted by Gasteiger charge is -2.35. The highest BCUT2D eigenvalue weighted by Crippen LogP contribution is 2.27. The van der Waals surface area contributed by atoms with Gasteiger partial charge in [0, 0.05) is 32.6 Å². The zero-order chi connectivity index (χ0) is 19.3. The van der Waals surface area contributed by atoms with E-state index in [4.69, 9.17) is 0 Å². The molecule has 0 spiro atoms. The first-order valence-corrected chi connectivity index (χ1v) is 10.9. The second kappa shape index (κ2) is 9.03. The summed E-state index contributed by atoms with van der Waals surface area (Å²) in [7, 11) is 0. The summed E-state index contributed by atoms with van der Waals surface area (Å²) in [5, 5.41) is 11.6. The Bertz CT molecular complexity index is 670. The third-order valence-corrected chi connectivity index (χ3v) is 6.52. The van der Waals surface area contributed by atoms with Crippen molar-refractivity contribution in [2.24, 2.45) is 5.92 Å². The van der Waals surface area contributed by atoms with Gasteiger partial charge in [0.1, 0.15) is 0 Å². The minimum absolute atomic E-state index is 0.0698. The molecular weight excluding hydrogens is 356 g/mol. The normalized spacial score (nSPS) is 22.4. The van der Waals surface area contributed by atoms with Crippen LogP contribution in [0.1, 0.15) is 67.9 Å². The highest BCUT2D eigenvalue weighted by Gasteiger charge is 2.28. The van der Waals surface area contributed by atoms with E-state index < -0.39 is 0 Å². The number of nitrogens with one attached hydrogen (secondary N) is 1. The van der Waals surface area contributed by atoms with Crippen molar-refractivity contribution in [2.45, 2.75) is 57.4 Å². The van der Waals surface area contributed by atoms with Crippen LogP contribution in [0.2, 0.25) is 0 Å². The third-order valence-electron chi connectivity index (χ3n) is 6.52. The van der Waals surface area contributed by atoms with Crippen LogP contribution in [0.4, 0.5) is 0 Å². The Morgan fingerprint density at radius 1 is 0.964 bits per heavy atom. The van der Waals surface area contributed by atoms with Gasteiger partial charge < -0.3 is 15.1 Å². The van der Waals surface area contributed by atoms with Gasteiger partial charge in [-0.15, -0.1) is 5.10 Å². The maximum Gasteiger partial charge on any atom is 0.276 e. The first-order chi connectivity index (χ1) is 13.7. The summed E-state index contributed by atoms with van der Waals surface area (Å²) >= 11 is 0. The number of carbonyl (C=O) groups is 2. The maximum absolute atomic E-state index is 12.8. The Morgan fingerprint density at radius 3 is 2.36 bits per heavy atom. The molecule has 28 heavy (non-hydrogen) atoms. The number of hydrogen-bond donors (Lipinski definition) is 1. The van der Waals surface area contributed by atoms with Gasteiger partial charge in [-0.3, -0.25) is 9.59 Å². The van der Waals surface area contributed by atoms with Crippen molar-refractivity contribution < 1.29 is 9.59 Å². The fourth-order valence-electron chi connectivity index (χ4n) is 4.71. The summed E-state index contributed by atoms with van der Waals surface area (Å²) < 4.78 is 1.85. The van der Waals surface area contributed by atoms with Gasteiger partial charge in [-0.2, -0.15) is 0 Å². The average molecular weight is 389 g/mol. The molecule has 3 fully saturated rings. The smallest absolute Gasteiger partial charge is 0.276 e. The topological polar surface area (TPSA) is 83.4 Å². The van der Waals surface area contributed by atoms with Gasteiger partial charge in [0.25, 0.3) is 5.91 Å². The molecule has 0 radical (unpaired) electrons. The quantitative estimate of drug-likeness (QED) is 0.844. The van der Waals surface area contributed by atoms with Crippen molar-refractivity contribution in [3.63, 3.8) is 0 Å². The van der Waals surface area contributed by atoms with E-state index in [2.05, 4.69) is 15.6 Å². The van der Waals surface area contributed by atoms with Crippen LogP contribution in [0.25, 0.3) is 0 Å². The van der Waals surface area contributed by atoms with Gasteiger partial charge in [0.15, 0.2) is 5.69 Å². The zero-order valence-electron chi connectivity index (χ0n) is 16.7. The molecule has 1 aliphatic carbocycles. The van der Waals surface area contributed by atoms with E-state index >= 15 is 0 Å². The molecule has 154 valence electrons. The van der Waals surface area contributed by atoms with Crippen LogP contribution in [0.5, 0.6) is 0 Å². The Labute approximate surface area is 166 Å². The highest BCUT2D eigenvalue weighted by molar-refractivity contribution is 5.92. The second-order valence-electron chi connectivity index (χ2n) is 8.45. The molecule has 0 bridgehead atoms. The largest absolute Gasteiger partial charge is 0.339 e. The number of nitrogens with zero attached hydrogens (tertiary/aromatic N) is 5. The van der Waals surface area contributed by atoms with Crippen LogP contribution >= 0.6 is 0 Å². The Hall–Kier alpha value is -1.96. The summed E-state index contributed by atoms with van der Waals surface area (Å²) in [6.07, 6.45) is 10.7. The molecule has 1 aromatic rings. The summed E-state index contributed by atoms with van der Waals surface area (Å²) in [4.78, 5) is 29.1. The maximum atomic E-state index is 12.8. The van der Waals surface area contributed by atoms with Crippen LogP contribution in [-0.4, -0.2) is 75.9 Å². The highest BCUT2D eigenvalue weighted by atomic mass is 16.2. The third kappa shape index (κ3) is 4.54. The summed E-state index contributed by atoms with van der Waals surface area (Å²) in [5.74, 6) is 0.751. The summed E-state index contributed by atoms with van der Waals surface area (Å²) in [5.41, 5.74) is 0.417. The minimum Gasteiger partial charge on any atom is -0.339 e. The van der Waals surface area contributed by atoms with E-state index in [-0.39, 0.29) is 11.8 Å². The molecule has 1 saturated carbocycles. The lowest BCUT2D eigenvalue weighted by Crippen LogP contribution is -2.51. The lowest BCUT2D eigenvalue weighted by atomic mass is 9.86. The van der Waals surface area contributed by atoms with Crippen LogP contribution in [-0.2, 0) is 4.79 Å². The van der Waals surface area contributed by atoms with Crippen molar-refractivity contribution in [1.29, 1.82) is 0 Å². The van der Waals surface area contributed by atoms with E-state index in [9.17, 15) is 9.59 Å². The molecule has 0 atom stereocenters. The van der Waals surface area contributed by atoms with Gasteiger partial charge in [-0.05, 0) is 44.7 Å². The number of amides is 2. The Kier molecular flexibility index (Phi) is 6.24. The monoisotopic (exact) mass is 388 g/mol. The van der Waals surface area contributed by atoms with Crippen molar-refractivity contribution in [1.82, 2.24) is 30.1 Å². The molecule has 1 N–H and O–H groups in total. The van der Waals surface area contributed by atoms with Crippen LogP contribution in [0, 0.1) is 5.92 Å². The number of carbonyl (C=O) groups excluding carboxylic acids is 2. The molecule has 1 aromatic heterocycles. The van der Waals surface area contributed by atoms with Crippen molar-refractivity contribution in [3.8, 4) is 0 Å². The van der Waals surface area contributed by atoms with E-state index in [0.717, 1.165) is 25.9 Å². The van der Waals surface area contributed by atoms with Gasteiger partial charge in [-0.25, -0.2) is 4.68 Å². The van der Waals surface area contributed by atoms with Gasteiger partial charge in [0.2, 0.25) is 5.91 Å². The molecule has 3 aliphatic rings. The number of piperazine rings is 1. The van der Waals surface area contributed by atoms with Crippen molar-refractivity contribution in [3.05, 3.63) is 11.9 Å². The summed E-state index contributed by atoms with van der Waals surface area (Å²) in [6.45, 7) is 4.36. The molecule has 2 amide bonds. The van der Waals surface area contributed by atoms with Crippen LogP contribution < -0.4 is 5.32 Å². The van der Waals surface area contributed by atoms with Crippen LogP contribution in [0.3, 0.4) is 0 Å². The fraction of sp³-hybridized carbons (Fsp3) is 0.800. The number of hydrogen-bond acceptors (Lipinski definition) is 5. The molecule has 0 unspecified atom stereocenters. The van der Waals surface area contributed by atoms with E-state index in [1.54, 1.807) is 11.1 Å². The van der Waals surface area contributed by atoms with Crippen LogP contribution in [0.15, 0.2) is 6.20 Å². The second-order valence-corrected chi connectivity index (χ2v) is 8.45. The molecule has 4 rings (SSSR count). The van der Waals surface area contributed by atoms with E-state index in [1.807, 2.05) is 9.58 Å². The van der Waals surface area contributed by atoms with Gasteiger partial charge >= 0.3 is 0 Å². The molecular formula is C20H32N6O2. The molecule has 3 heterocycles. The van der Waals surface area contributed by atoms with E-state index in [0.29, 0.717) is 50.3 Å². The van der Waals surface area contributed by atoms with E-state index in [1.165, 1.54) is 32.1 Å². The zero-order valence-corrected chi connectivity index (χ0v) is 16.7. The van der Waals surface area contributed by atoms with Gasteiger partial charge in [-0.1, -0.05) is 24.5 Å². The minimum atomic E-state index is -0.0698. The fourth-order valence-corrected chi connectivity index (χ4v) is 4.71. The molecule has 2 saturated heterocycles. The number of piperidine rings is 1. The average Bonchev–Trinajstić information content (AvgIpc) is 3.25. The predicted octanol–water partition coefficient (Wildman–Crippen LogP) is 1.46. The first kappa shape index (κ1) is 19.4. The van der Waals surface area contributed by atoms with Crippen molar-refractivity contribution in [2.75, 3.05) is 39.3 Å². The SMILES string of the molecule is O=C(CC1CCCCC1)N1CCN(C(=O)c2cn(C3CCNCC3)nn2)CC1. The van der Waals surface area contributed by atoms with Crippen molar-refractivity contribution >= 4 is 11.8 Å². The standard InChI is InChI=1S/C20H32N6O2/c27-19(14-16-4-2-1-3-5-16)24-10-12-25(13-11-24)20(28)18-15-26(23-22-18)17-6-8-21-9-7-17/h15-17,21H,1-14H2. The first-order valence-electron chi connectivity index (χ1n) is 10.9. The molecule has 8 nitrogen and oxygen atoms in total. The number of rotatable bonds is 4. The molecule has 8 heteroatoms.